The average Bonchev–Trinajstić information content (AvgIpc) is 2.41. The Kier molecular flexibility index (Phi) is 4.61. The quantitative estimate of drug-likeness (QED) is 0.854. The van der Waals surface area contributed by atoms with Gasteiger partial charge < -0.3 is 15.2 Å². The Morgan fingerprint density at radius 3 is 2.94 bits per heavy atom. The molecule has 1 aromatic carbocycles. The highest BCUT2D eigenvalue weighted by Gasteiger charge is 2.24. The van der Waals surface area contributed by atoms with Gasteiger partial charge in [0.05, 0.1) is 13.2 Å². The summed E-state index contributed by atoms with van der Waals surface area (Å²) in [6.07, 6.45) is 2.56. The number of piperidine rings is 1. The van der Waals surface area contributed by atoms with Gasteiger partial charge in [0.1, 0.15) is 5.75 Å². The van der Waals surface area contributed by atoms with Crippen LogP contribution in [0.2, 0.25) is 0 Å². The Morgan fingerprint density at radius 1 is 1.44 bits per heavy atom. The van der Waals surface area contributed by atoms with Gasteiger partial charge in [-0.05, 0) is 43.0 Å². The monoisotopic (exact) mass is 249 g/mol. The highest BCUT2D eigenvalue weighted by Crippen LogP contribution is 2.25. The minimum absolute atomic E-state index is 0.193. The third kappa shape index (κ3) is 3.03. The fraction of sp³-hybridized carbons (Fsp3) is 0.600. The highest BCUT2D eigenvalue weighted by molar-refractivity contribution is 5.37. The molecule has 0 spiro atoms. The zero-order chi connectivity index (χ0) is 13.0. The van der Waals surface area contributed by atoms with E-state index < -0.39 is 0 Å². The van der Waals surface area contributed by atoms with Crippen LogP contribution in [0, 0.1) is 5.92 Å². The summed E-state index contributed by atoms with van der Waals surface area (Å²) in [5.74, 6) is 1.23. The number of aliphatic hydroxyl groups is 1. The van der Waals surface area contributed by atoms with Crippen LogP contribution in [0.25, 0.3) is 0 Å². The van der Waals surface area contributed by atoms with Crippen LogP contribution < -0.4 is 10.1 Å². The maximum absolute atomic E-state index is 10.0. The molecule has 0 amide bonds. The molecule has 0 radical (unpaired) electrons. The summed E-state index contributed by atoms with van der Waals surface area (Å²) in [4.78, 5) is 0. The summed E-state index contributed by atoms with van der Waals surface area (Å²) in [5, 5.41) is 13.4. The molecule has 3 heteroatoms. The van der Waals surface area contributed by atoms with Gasteiger partial charge in [-0.25, -0.2) is 0 Å². The van der Waals surface area contributed by atoms with E-state index in [1.165, 1.54) is 11.1 Å². The largest absolute Gasteiger partial charge is 0.496 e. The minimum Gasteiger partial charge on any atom is -0.496 e. The van der Waals surface area contributed by atoms with Gasteiger partial charge >= 0.3 is 0 Å². The molecule has 0 bridgehead atoms. The molecule has 1 aliphatic rings. The predicted molar refractivity (Wildman–Crippen MR) is 73.1 cm³/mol. The lowest BCUT2D eigenvalue weighted by Gasteiger charge is -2.29. The van der Waals surface area contributed by atoms with E-state index in [2.05, 4.69) is 24.4 Å². The fourth-order valence-corrected chi connectivity index (χ4v) is 2.61. The smallest absolute Gasteiger partial charge is 0.122 e. The van der Waals surface area contributed by atoms with E-state index >= 15 is 0 Å². The molecule has 3 nitrogen and oxygen atoms in total. The number of hydrogen-bond acceptors (Lipinski definition) is 3. The fourth-order valence-electron chi connectivity index (χ4n) is 2.61. The van der Waals surface area contributed by atoms with Crippen LogP contribution in [-0.4, -0.2) is 31.4 Å². The van der Waals surface area contributed by atoms with Crippen LogP contribution in [0.15, 0.2) is 18.2 Å². The molecule has 1 aliphatic heterocycles. The standard InChI is InChI=1S/C15H23NO2/c1-3-11-4-5-15(18-2)12(8-11)9-13-10-16-7-6-14(13)17/h4-5,8,13-14,16-17H,3,6-7,9-10H2,1-2H3. The first kappa shape index (κ1) is 13.4. The summed E-state index contributed by atoms with van der Waals surface area (Å²) in [6.45, 7) is 3.97. The van der Waals surface area contributed by atoms with Crippen LogP contribution in [0.3, 0.4) is 0 Å². The Balaban J connectivity index is 2.15. The molecule has 2 N–H and O–H groups in total. The maximum Gasteiger partial charge on any atom is 0.122 e. The molecular weight excluding hydrogens is 226 g/mol. The second-order valence-corrected chi connectivity index (χ2v) is 5.02. The molecule has 100 valence electrons. The lowest BCUT2D eigenvalue weighted by atomic mass is 9.89. The van der Waals surface area contributed by atoms with Crippen molar-refractivity contribution in [1.29, 1.82) is 0 Å². The number of rotatable bonds is 4. The number of methoxy groups -OCH3 is 1. The van der Waals surface area contributed by atoms with E-state index in [0.717, 1.165) is 38.1 Å². The number of benzene rings is 1. The van der Waals surface area contributed by atoms with Crippen LogP contribution in [0.4, 0.5) is 0 Å². The molecule has 2 atom stereocenters. The van der Waals surface area contributed by atoms with Gasteiger partial charge in [0, 0.05) is 12.5 Å². The summed E-state index contributed by atoms with van der Waals surface area (Å²) in [5.41, 5.74) is 2.54. The number of aliphatic hydroxyl groups excluding tert-OH is 1. The first-order valence-corrected chi connectivity index (χ1v) is 6.79. The lowest BCUT2D eigenvalue weighted by Crippen LogP contribution is -2.40. The predicted octanol–water partition coefficient (Wildman–Crippen LogP) is 1.77. The Labute approximate surface area is 109 Å². The number of ether oxygens (including phenoxy) is 1. The molecule has 0 aromatic heterocycles. The van der Waals surface area contributed by atoms with Gasteiger partial charge in [-0.15, -0.1) is 0 Å². The van der Waals surface area contributed by atoms with Gasteiger partial charge in [0.2, 0.25) is 0 Å². The maximum atomic E-state index is 10.0. The zero-order valence-corrected chi connectivity index (χ0v) is 11.3. The summed E-state index contributed by atoms with van der Waals surface area (Å²) in [6, 6.07) is 6.36. The van der Waals surface area contributed by atoms with Crippen LogP contribution in [0.5, 0.6) is 5.75 Å². The first-order chi connectivity index (χ1) is 8.74. The van der Waals surface area contributed by atoms with Crippen molar-refractivity contribution in [3.05, 3.63) is 29.3 Å². The number of nitrogens with one attached hydrogen (secondary N) is 1. The number of aryl methyl sites for hydroxylation is 1. The van der Waals surface area contributed by atoms with Crippen molar-refractivity contribution in [3.8, 4) is 5.75 Å². The van der Waals surface area contributed by atoms with Crippen molar-refractivity contribution in [2.24, 2.45) is 5.92 Å². The van der Waals surface area contributed by atoms with Crippen LogP contribution >= 0.6 is 0 Å². The molecule has 1 fully saturated rings. The van der Waals surface area contributed by atoms with Crippen molar-refractivity contribution in [2.45, 2.75) is 32.3 Å². The Bertz CT molecular complexity index is 392. The van der Waals surface area contributed by atoms with Crippen LogP contribution in [-0.2, 0) is 12.8 Å². The van der Waals surface area contributed by atoms with E-state index in [4.69, 9.17) is 4.74 Å². The van der Waals surface area contributed by atoms with Crippen molar-refractivity contribution < 1.29 is 9.84 Å². The molecule has 1 saturated heterocycles. The third-order valence-corrected chi connectivity index (χ3v) is 3.80. The van der Waals surface area contributed by atoms with Crippen LogP contribution in [0.1, 0.15) is 24.5 Å². The van der Waals surface area contributed by atoms with Crippen molar-refractivity contribution in [1.82, 2.24) is 5.32 Å². The molecule has 0 saturated carbocycles. The Hall–Kier alpha value is -1.06. The second kappa shape index (κ2) is 6.21. The summed E-state index contributed by atoms with van der Waals surface area (Å²) < 4.78 is 5.42. The van der Waals surface area contributed by atoms with E-state index in [0.29, 0.717) is 5.92 Å². The van der Waals surface area contributed by atoms with Gasteiger partial charge in [-0.1, -0.05) is 19.1 Å². The van der Waals surface area contributed by atoms with Crippen molar-refractivity contribution >= 4 is 0 Å². The summed E-state index contributed by atoms with van der Waals surface area (Å²) in [7, 11) is 1.71. The molecule has 2 unspecified atom stereocenters. The van der Waals surface area contributed by atoms with Gasteiger partial charge in [-0.2, -0.15) is 0 Å². The average molecular weight is 249 g/mol. The van der Waals surface area contributed by atoms with Gasteiger partial charge in [-0.3, -0.25) is 0 Å². The molecule has 18 heavy (non-hydrogen) atoms. The van der Waals surface area contributed by atoms with E-state index in [1.807, 2.05) is 6.07 Å². The van der Waals surface area contributed by atoms with Gasteiger partial charge in [0.15, 0.2) is 0 Å². The minimum atomic E-state index is -0.193. The molecule has 0 aliphatic carbocycles. The summed E-state index contributed by atoms with van der Waals surface area (Å²) >= 11 is 0. The number of hydrogen-bond donors (Lipinski definition) is 2. The lowest BCUT2D eigenvalue weighted by molar-refractivity contribution is 0.0788. The van der Waals surface area contributed by atoms with Crippen molar-refractivity contribution in [3.63, 3.8) is 0 Å². The van der Waals surface area contributed by atoms with E-state index in [9.17, 15) is 5.11 Å². The SMILES string of the molecule is CCc1ccc(OC)c(CC2CNCCC2O)c1. The van der Waals surface area contributed by atoms with Gasteiger partial charge in [0.25, 0.3) is 0 Å². The molecule has 2 rings (SSSR count). The normalized spacial score (nSPS) is 23.9. The third-order valence-electron chi connectivity index (χ3n) is 3.80. The van der Waals surface area contributed by atoms with E-state index in [-0.39, 0.29) is 6.10 Å². The first-order valence-electron chi connectivity index (χ1n) is 6.79. The topological polar surface area (TPSA) is 41.5 Å². The van der Waals surface area contributed by atoms with E-state index in [1.54, 1.807) is 7.11 Å². The van der Waals surface area contributed by atoms with Crippen molar-refractivity contribution in [2.75, 3.05) is 20.2 Å². The second-order valence-electron chi connectivity index (χ2n) is 5.02. The highest BCUT2D eigenvalue weighted by atomic mass is 16.5. The zero-order valence-electron chi connectivity index (χ0n) is 11.3. The molecule has 1 aromatic rings. The molecule has 1 heterocycles. The molecular formula is C15H23NO2. The Morgan fingerprint density at radius 2 is 2.28 bits per heavy atom.